The average Bonchev–Trinajstić information content (AvgIpc) is 2.95. The summed E-state index contributed by atoms with van der Waals surface area (Å²) in [5.74, 6) is 2.20. The smallest absolute Gasteiger partial charge is 0.493 e. The molecular formula is C30H33N5O5. The van der Waals surface area contributed by atoms with Crippen LogP contribution in [0.15, 0.2) is 61.1 Å². The van der Waals surface area contributed by atoms with E-state index in [2.05, 4.69) is 20.9 Å². The number of carbonyl (C=O) groups is 1. The first kappa shape index (κ1) is 27.1. The largest absolute Gasteiger partial charge is 0.528 e. The number of piperazine rings is 1. The molecule has 5 rings (SSSR count). The molecule has 1 aliphatic rings. The minimum atomic E-state index is -0.685. The lowest BCUT2D eigenvalue weighted by Gasteiger charge is -2.34. The van der Waals surface area contributed by atoms with Crippen LogP contribution in [0.1, 0.15) is 20.8 Å². The lowest BCUT2D eigenvalue weighted by Crippen LogP contribution is -2.47. The van der Waals surface area contributed by atoms with E-state index in [4.69, 9.17) is 24.0 Å². The molecule has 2 aromatic carbocycles. The van der Waals surface area contributed by atoms with Gasteiger partial charge in [-0.25, -0.2) is 19.7 Å². The van der Waals surface area contributed by atoms with Crippen LogP contribution in [0, 0.1) is 0 Å². The Bertz CT molecular complexity index is 1500. The normalized spacial score (nSPS) is 14.2. The number of nitrogens with zero attached hydrogens (tertiary/aromatic N) is 5. The van der Waals surface area contributed by atoms with Crippen LogP contribution < -0.4 is 14.4 Å². The van der Waals surface area contributed by atoms with E-state index in [1.165, 1.54) is 0 Å². The quantitative estimate of drug-likeness (QED) is 0.295. The van der Waals surface area contributed by atoms with Crippen molar-refractivity contribution in [2.24, 2.45) is 0 Å². The SMILES string of the molecule is COc1ccc(-c2ccc3ncnc(-c4ccc(N5CCN(OC(=O)OC(C)(C)C)CC5)nc4)c3c2)cc1OC. The predicted molar refractivity (Wildman–Crippen MR) is 152 cm³/mol. The van der Waals surface area contributed by atoms with Gasteiger partial charge in [0.1, 0.15) is 17.7 Å². The van der Waals surface area contributed by atoms with E-state index in [-0.39, 0.29) is 0 Å². The van der Waals surface area contributed by atoms with E-state index in [0.717, 1.165) is 39.1 Å². The summed E-state index contributed by atoms with van der Waals surface area (Å²) in [6.45, 7) is 7.87. The van der Waals surface area contributed by atoms with Gasteiger partial charge in [0.05, 0.1) is 38.5 Å². The minimum absolute atomic E-state index is 0.554. The molecular weight excluding hydrogens is 510 g/mol. The second-order valence-electron chi connectivity index (χ2n) is 10.4. The molecule has 10 heteroatoms. The Balaban J connectivity index is 1.32. The van der Waals surface area contributed by atoms with Gasteiger partial charge in [0, 0.05) is 30.2 Å². The Morgan fingerprint density at radius 3 is 2.17 bits per heavy atom. The number of benzene rings is 2. The lowest BCUT2D eigenvalue weighted by atomic mass is 10.0. The molecule has 0 spiro atoms. The van der Waals surface area contributed by atoms with Crippen molar-refractivity contribution in [1.29, 1.82) is 0 Å². The highest BCUT2D eigenvalue weighted by atomic mass is 16.8. The Labute approximate surface area is 233 Å². The third kappa shape index (κ3) is 6.07. The van der Waals surface area contributed by atoms with E-state index in [0.29, 0.717) is 37.7 Å². The summed E-state index contributed by atoms with van der Waals surface area (Å²) in [5.41, 5.74) is 3.97. The number of carbonyl (C=O) groups excluding carboxylic acids is 1. The molecule has 0 bridgehead atoms. The van der Waals surface area contributed by atoms with Gasteiger partial charge in [0.25, 0.3) is 0 Å². The van der Waals surface area contributed by atoms with Crippen molar-refractivity contribution < 1.29 is 23.8 Å². The lowest BCUT2D eigenvalue weighted by molar-refractivity contribution is -0.144. The Morgan fingerprint density at radius 2 is 1.50 bits per heavy atom. The molecule has 40 heavy (non-hydrogen) atoms. The fourth-order valence-electron chi connectivity index (χ4n) is 4.58. The first-order valence-corrected chi connectivity index (χ1v) is 13.1. The number of hydrogen-bond donors (Lipinski definition) is 0. The average molecular weight is 544 g/mol. The zero-order chi connectivity index (χ0) is 28.3. The van der Waals surface area contributed by atoms with Crippen LogP contribution in [0.5, 0.6) is 11.5 Å². The fourth-order valence-corrected chi connectivity index (χ4v) is 4.58. The highest BCUT2D eigenvalue weighted by molar-refractivity contribution is 5.95. The first-order chi connectivity index (χ1) is 19.2. The van der Waals surface area contributed by atoms with Crippen molar-refractivity contribution in [2.75, 3.05) is 45.3 Å². The topological polar surface area (TPSA) is 99.1 Å². The molecule has 3 heterocycles. The van der Waals surface area contributed by atoms with Crippen LogP contribution in [-0.4, -0.2) is 72.2 Å². The van der Waals surface area contributed by atoms with Crippen LogP contribution in [0.2, 0.25) is 0 Å². The number of hydroxylamine groups is 2. The first-order valence-electron chi connectivity index (χ1n) is 13.1. The van der Waals surface area contributed by atoms with Crippen molar-refractivity contribution in [3.63, 3.8) is 0 Å². The molecule has 0 aliphatic carbocycles. The van der Waals surface area contributed by atoms with Crippen LogP contribution >= 0.6 is 0 Å². The van der Waals surface area contributed by atoms with Crippen molar-refractivity contribution in [3.8, 4) is 33.9 Å². The van der Waals surface area contributed by atoms with Crippen molar-refractivity contribution in [1.82, 2.24) is 20.0 Å². The number of rotatable bonds is 6. The fraction of sp³-hybridized carbons (Fsp3) is 0.333. The van der Waals surface area contributed by atoms with E-state index >= 15 is 0 Å². The third-order valence-electron chi connectivity index (χ3n) is 6.53. The minimum Gasteiger partial charge on any atom is -0.493 e. The standard InChI is InChI=1S/C30H33N5O5/c1-30(2,3)39-29(36)40-35-14-12-34(13-15-35)27-11-8-22(18-31-27)28-23-16-20(6-9-24(23)32-19-33-28)21-7-10-25(37-4)26(17-21)38-5/h6-11,16-19H,12-15H2,1-5H3. The van der Waals surface area contributed by atoms with E-state index < -0.39 is 11.8 Å². The van der Waals surface area contributed by atoms with Crippen molar-refractivity contribution in [3.05, 3.63) is 61.1 Å². The van der Waals surface area contributed by atoms with Crippen LogP contribution in [0.4, 0.5) is 10.6 Å². The number of anilines is 1. The highest BCUT2D eigenvalue weighted by Gasteiger charge is 2.24. The van der Waals surface area contributed by atoms with Gasteiger partial charge in [-0.2, -0.15) is 0 Å². The van der Waals surface area contributed by atoms with Crippen LogP contribution in [0.25, 0.3) is 33.3 Å². The zero-order valence-electron chi connectivity index (χ0n) is 23.4. The van der Waals surface area contributed by atoms with Gasteiger partial charge in [0.15, 0.2) is 11.5 Å². The number of fused-ring (bicyclic) bond motifs is 1. The summed E-state index contributed by atoms with van der Waals surface area (Å²) < 4.78 is 16.1. The number of aromatic nitrogens is 3. The maximum Gasteiger partial charge on any atom is 0.528 e. The van der Waals surface area contributed by atoms with Gasteiger partial charge < -0.3 is 23.9 Å². The zero-order valence-corrected chi connectivity index (χ0v) is 23.4. The molecule has 4 aromatic rings. The summed E-state index contributed by atoms with van der Waals surface area (Å²) in [6.07, 6.45) is 2.73. The molecule has 1 aliphatic heterocycles. The van der Waals surface area contributed by atoms with Crippen LogP contribution in [0.3, 0.4) is 0 Å². The van der Waals surface area contributed by atoms with Gasteiger partial charge >= 0.3 is 6.16 Å². The Morgan fingerprint density at radius 1 is 0.800 bits per heavy atom. The van der Waals surface area contributed by atoms with Crippen molar-refractivity contribution >= 4 is 22.9 Å². The summed E-state index contributed by atoms with van der Waals surface area (Å²) in [6, 6.07) is 16.0. The van der Waals surface area contributed by atoms with Crippen LogP contribution in [-0.2, 0) is 9.57 Å². The molecule has 0 N–H and O–H groups in total. The Kier molecular flexibility index (Phi) is 7.70. The maximum atomic E-state index is 12.0. The van der Waals surface area contributed by atoms with Gasteiger partial charge in [-0.1, -0.05) is 12.1 Å². The highest BCUT2D eigenvalue weighted by Crippen LogP contribution is 2.35. The molecule has 10 nitrogen and oxygen atoms in total. The van der Waals surface area contributed by atoms with Gasteiger partial charge in [-0.05, 0) is 68.3 Å². The number of pyridine rings is 1. The summed E-state index contributed by atoms with van der Waals surface area (Å²) in [7, 11) is 3.25. The predicted octanol–water partition coefficient (Wildman–Crippen LogP) is 5.36. The molecule has 1 fully saturated rings. The molecule has 0 unspecified atom stereocenters. The Hall–Kier alpha value is -4.44. The van der Waals surface area contributed by atoms with E-state index in [9.17, 15) is 4.79 Å². The number of methoxy groups -OCH3 is 2. The van der Waals surface area contributed by atoms with Gasteiger partial charge in [-0.3, -0.25) is 0 Å². The molecule has 0 amide bonds. The second-order valence-corrected chi connectivity index (χ2v) is 10.4. The summed E-state index contributed by atoms with van der Waals surface area (Å²) >= 11 is 0. The van der Waals surface area contributed by atoms with E-state index in [1.807, 2.05) is 69.4 Å². The molecule has 0 atom stereocenters. The molecule has 0 radical (unpaired) electrons. The van der Waals surface area contributed by atoms with E-state index in [1.54, 1.807) is 25.6 Å². The molecule has 1 saturated heterocycles. The number of ether oxygens (including phenoxy) is 3. The van der Waals surface area contributed by atoms with Gasteiger partial charge in [0.2, 0.25) is 0 Å². The third-order valence-corrected chi connectivity index (χ3v) is 6.53. The summed E-state index contributed by atoms with van der Waals surface area (Å²) in [5, 5.41) is 2.55. The molecule has 2 aromatic heterocycles. The number of hydrogen-bond acceptors (Lipinski definition) is 10. The maximum absolute atomic E-state index is 12.0. The van der Waals surface area contributed by atoms with Crippen molar-refractivity contribution in [2.45, 2.75) is 26.4 Å². The molecule has 208 valence electrons. The summed E-state index contributed by atoms with van der Waals surface area (Å²) in [4.78, 5) is 33.3. The van der Waals surface area contributed by atoms with Gasteiger partial charge in [-0.15, -0.1) is 5.06 Å². The monoisotopic (exact) mass is 543 g/mol. The second kappa shape index (κ2) is 11.4. The molecule has 0 saturated carbocycles.